The molecule has 0 radical (unpaired) electrons. The van der Waals surface area contributed by atoms with E-state index in [-0.39, 0.29) is 17.0 Å². The monoisotopic (exact) mass is 397 g/mol. The molecule has 2 heterocycles. The van der Waals surface area contributed by atoms with Crippen LogP contribution in [-0.2, 0) is 12.8 Å². The van der Waals surface area contributed by atoms with Gasteiger partial charge >= 0.3 is 6.30 Å². The summed E-state index contributed by atoms with van der Waals surface area (Å²) in [6, 6.07) is 6.35. The van der Waals surface area contributed by atoms with Crippen LogP contribution in [0.15, 0.2) is 24.3 Å². The van der Waals surface area contributed by atoms with E-state index in [4.69, 9.17) is 11.6 Å². The lowest BCUT2D eigenvalue weighted by Crippen LogP contribution is -2.27. The standard InChI is InChI=1S/C18H19ClF3N5/c19-17-24-15-6-2-5-14(15)16(25-17)27-8-7-13(10-27)23-11-3-1-4-12(9-11)26-18(20,21)22/h1,3-4,9,13,23,26H,2,5-8,10H2/t13-/m0/s1. The normalized spacial score (nSPS) is 19.3. The second kappa shape index (κ2) is 7.07. The summed E-state index contributed by atoms with van der Waals surface area (Å²) in [6.45, 7) is 1.54. The van der Waals surface area contributed by atoms with Gasteiger partial charge in [0.1, 0.15) is 5.82 Å². The number of fused-ring (bicyclic) bond motifs is 1. The molecule has 1 fully saturated rings. The third kappa shape index (κ3) is 4.21. The van der Waals surface area contributed by atoms with Gasteiger partial charge in [0.25, 0.3) is 0 Å². The van der Waals surface area contributed by atoms with Crippen LogP contribution in [0.2, 0.25) is 5.28 Å². The van der Waals surface area contributed by atoms with Gasteiger partial charge in [0.2, 0.25) is 5.28 Å². The summed E-state index contributed by atoms with van der Waals surface area (Å²) in [5, 5.41) is 5.13. The zero-order valence-electron chi connectivity index (χ0n) is 14.5. The van der Waals surface area contributed by atoms with Crippen molar-refractivity contribution in [1.29, 1.82) is 0 Å². The zero-order valence-corrected chi connectivity index (χ0v) is 15.2. The largest absolute Gasteiger partial charge is 0.482 e. The van der Waals surface area contributed by atoms with Gasteiger partial charge in [-0.05, 0) is 55.5 Å². The minimum absolute atomic E-state index is 0.0164. The topological polar surface area (TPSA) is 53.1 Å². The van der Waals surface area contributed by atoms with E-state index in [1.807, 2.05) is 0 Å². The van der Waals surface area contributed by atoms with Gasteiger partial charge in [0, 0.05) is 36.1 Å². The Kier molecular flexibility index (Phi) is 4.75. The molecule has 1 aliphatic heterocycles. The smallest absolute Gasteiger partial charge is 0.380 e. The predicted octanol–water partition coefficient (Wildman–Crippen LogP) is 4.24. The first-order valence-electron chi connectivity index (χ1n) is 8.89. The SMILES string of the molecule is FC(F)(F)Nc1cccc(N[C@H]2CCN(c3nc(Cl)nc4c3CCC4)C2)c1. The fourth-order valence-corrected chi connectivity index (χ4v) is 3.98. The Morgan fingerprint density at radius 1 is 1.15 bits per heavy atom. The van der Waals surface area contributed by atoms with Crippen LogP contribution in [0, 0.1) is 0 Å². The Labute approximate surface area is 159 Å². The molecule has 2 aliphatic rings. The molecule has 1 aromatic carbocycles. The Morgan fingerprint density at radius 2 is 1.96 bits per heavy atom. The second-order valence-corrected chi connectivity index (χ2v) is 7.21. The number of rotatable bonds is 4. The van der Waals surface area contributed by atoms with Crippen molar-refractivity contribution in [2.45, 2.75) is 38.0 Å². The van der Waals surface area contributed by atoms with Gasteiger partial charge in [0.15, 0.2) is 0 Å². The molecule has 1 saturated heterocycles. The van der Waals surface area contributed by atoms with Crippen LogP contribution >= 0.6 is 11.6 Å². The van der Waals surface area contributed by atoms with Crippen LogP contribution in [0.3, 0.4) is 0 Å². The molecule has 0 unspecified atom stereocenters. The van der Waals surface area contributed by atoms with Crippen molar-refractivity contribution in [3.8, 4) is 0 Å². The highest BCUT2D eigenvalue weighted by Gasteiger charge is 2.29. The molecule has 1 atom stereocenters. The minimum atomic E-state index is -4.45. The van der Waals surface area contributed by atoms with Crippen molar-refractivity contribution < 1.29 is 13.2 Å². The lowest BCUT2D eigenvalue weighted by molar-refractivity contribution is -0.0999. The summed E-state index contributed by atoms with van der Waals surface area (Å²) >= 11 is 6.08. The highest BCUT2D eigenvalue weighted by Crippen LogP contribution is 2.32. The summed E-state index contributed by atoms with van der Waals surface area (Å²) in [5.74, 6) is 0.902. The molecule has 5 nitrogen and oxygen atoms in total. The number of hydrogen-bond donors (Lipinski definition) is 2. The first-order valence-corrected chi connectivity index (χ1v) is 9.27. The molecule has 0 bridgehead atoms. The number of benzene rings is 1. The summed E-state index contributed by atoms with van der Waals surface area (Å²) in [5.41, 5.74) is 2.88. The van der Waals surface area contributed by atoms with Crippen molar-refractivity contribution in [2.24, 2.45) is 0 Å². The fraction of sp³-hybridized carbons (Fsp3) is 0.444. The van der Waals surface area contributed by atoms with Crippen LogP contribution in [0.4, 0.5) is 30.4 Å². The number of aryl methyl sites for hydroxylation is 1. The predicted molar refractivity (Wildman–Crippen MR) is 99.4 cm³/mol. The number of anilines is 3. The van der Waals surface area contributed by atoms with Crippen LogP contribution < -0.4 is 15.5 Å². The van der Waals surface area contributed by atoms with Gasteiger partial charge in [-0.2, -0.15) is 13.2 Å². The highest BCUT2D eigenvalue weighted by atomic mass is 35.5. The summed E-state index contributed by atoms with van der Waals surface area (Å²) in [6.07, 6.45) is -0.630. The maximum Gasteiger partial charge on any atom is 0.482 e. The molecule has 0 saturated carbocycles. The number of aromatic nitrogens is 2. The molecular weight excluding hydrogens is 379 g/mol. The van der Waals surface area contributed by atoms with Crippen LogP contribution in [-0.4, -0.2) is 35.4 Å². The molecule has 1 aromatic heterocycles. The summed E-state index contributed by atoms with van der Waals surface area (Å²) in [7, 11) is 0. The average molecular weight is 398 g/mol. The molecular formula is C18H19ClF3N5. The van der Waals surface area contributed by atoms with Crippen molar-refractivity contribution in [2.75, 3.05) is 28.6 Å². The molecule has 27 heavy (non-hydrogen) atoms. The number of halogens is 4. The van der Waals surface area contributed by atoms with E-state index in [0.717, 1.165) is 50.3 Å². The third-order valence-electron chi connectivity index (χ3n) is 4.89. The Balaban J connectivity index is 1.45. The quantitative estimate of drug-likeness (QED) is 0.597. The molecule has 9 heteroatoms. The van der Waals surface area contributed by atoms with Crippen molar-refractivity contribution in [1.82, 2.24) is 9.97 Å². The van der Waals surface area contributed by atoms with Gasteiger partial charge < -0.3 is 10.2 Å². The van der Waals surface area contributed by atoms with Crippen molar-refractivity contribution in [3.63, 3.8) is 0 Å². The third-order valence-corrected chi connectivity index (χ3v) is 5.06. The zero-order chi connectivity index (χ0) is 19.0. The number of nitrogens with one attached hydrogen (secondary N) is 2. The van der Waals surface area contributed by atoms with Crippen LogP contribution in [0.1, 0.15) is 24.1 Å². The Bertz CT molecular complexity index is 842. The highest BCUT2D eigenvalue weighted by molar-refractivity contribution is 6.28. The Morgan fingerprint density at radius 3 is 2.78 bits per heavy atom. The van der Waals surface area contributed by atoms with E-state index in [0.29, 0.717) is 5.69 Å². The molecule has 144 valence electrons. The lowest BCUT2D eigenvalue weighted by atomic mass is 10.2. The van der Waals surface area contributed by atoms with E-state index in [1.165, 1.54) is 23.0 Å². The van der Waals surface area contributed by atoms with Gasteiger partial charge in [-0.1, -0.05) is 6.07 Å². The maximum atomic E-state index is 12.5. The second-order valence-electron chi connectivity index (χ2n) is 6.87. The van der Waals surface area contributed by atoms with E-state index >= 15 is 0 Å². The van der Waals surface area contributed by atoms with Crippen molar-refractivity contribution >= 4 is 28.8 Å². The number of alkyl halides is 3. The number of hydrogen-bond acceptors (Lipinski definition) is 5. The lowest BCUT2D eigenvalue weighted by Gasteiger charge is -2.21. The van der Waals surface area contributed by atoms with E-state index in [1.54, 1.807) is 12.1 Å². The van der Waals surface area contributed by atoms with E-state index in [9.17, 15) is 13.2 Å². The molecule has 1 aliphatic carbocycles. The first-order chi connectivity index (χ1) is 12.9. The van der Waals surface area contributed by atoms with Gasteiger partial charge in [-0.25, -0.2) is 9.97 Å². The first kappa shape index (κ1) is 18.2. The van der Waals surface area contributed by atoms with Gasteiger partial charge in [-0.3, -0.25) is 5.32 Å². The van der Waals surface area contributed by atoms with Crippen molar-refractivity contribution in [3.05, 3.63) is 40.8 Å². The minimum Gasteiger partial charge on any atom is -0.380 e. The number of nitrogens with zero attached hydrogens (tertiary/aromatic N) is 3. The van der Waals surface area contributed by atoms with Crippen LogP contribution in [0.5, 0.6) is 0 Å². The maximum absolute atomic E-state index is 12.5. The average Bonchev–Trinajstić information content (AvgIpc) is 3.22. The van der Waals surface area contributed by atoms with Crippen LogP contribution in [0.25, 0.3) is 0 Å². The fourth-order valence-electron chi connectivity index (χ4n) is 3.80. The Hall–Kier alpha value is -2.22. The molecule has 4 rings (SSSR count). The van der Waals surface area contributed by atoms with Gasteiger partial charge in [-0.15, -0.1) is 0 Å². The van der Waals surface area contributed by atoms with Gasteiger partial charge in [0.05, 0.1) is 5.69 Å². The molecule has 2 aromatic rings. The molecule has 2 N–H and O–H groups in total. The summed E-state index contributed by atoms with van der Waals surface area (Å²) < 4.78 is 37.5. The van der Waals surface area contributed by atoms with E-state index < -0.39 is 6.30 Å². The molecule has 0 amide bonds. The summed E-state index contributed by atoms with van der Waals surface area (Å²) in [4.78, 5) is 11.0. The van der Waals surface area contributed by atoms with E-state index in [2.05, 4.69) is 20.2 Å². The molecule has 0 spiro atoms.